The number of rotatable bonds is 3. The van der Waals surface area contributed by atoms with Crippen molar-refractivity contribution in [3.8, 4) is 0 Å². The first kappa shape index (κ1) is 16.5. The highest BCUT2D eigenvalue weighted by molar-refractivity contribution is 5.94. The monoisotopic (exact) mass is 316 g/mol. The summed E-state index contributed by atoms with van der Waals surface area (Å²) >= 11 is 0. The molecule has 0 radical (unpaired) electrons. The highest BCUT2D eigenvalue weighted by Crippen LogP contribution is 2.32. The lowest BCUT2D eigenvalue weighted by Crippen LogP contribution is -2.30. The number of hydrogen-bond donors (Lipinski definition) is 1. The second kappa shape index (κ2) is 7.43. The van der Waals surface area contributed by atoms with Crippen molar-refractivity contribution in [1.82, 2.24) is 4.90 Å². The van der Waals surface area contributed by atoms with Gasteiger partial charge < -0.3 is 10.6 Å². The van der Waals surface area contributed by atoms with Gasteiger partial charge >= 0.3 is 0 Å². The van der Waals surface area contributed by atoms with E-state index in [1.807, 2.05) is 47.4 Å². The number of hydrogen-bond acceptors (Lipinski definition) is 2. The normalized spacial score (nSPS) is 17.1. The summed E-state index contributed by atoms with van der Waals surface area (Å²) in [7, 11) is 0. The van der Waals surface area contributed by atoms with Crippen LogP contribution in [0.4, 0.5) is 0 Å². The van der Waals surface area contributed by atoms with Crippen molar-refractivity contribution in [3.05, 3.63) is 71.3 Å². The zero-order valence-electron chi connectivity index (χ0n) is 12.4. The molecule has 3 rings (SSSR count). The molecule has 3 nitrogen and oxygen atoms in total. The van der Waals surface area contributed by atoms with Crippen molar-refractivity contribution in [2.75, 3.05) is 6.54 Å². The van der Waals surface area contributed by atoms with E-state index in [2.05, 4.69) is 12.1 Å². The van der Waals surface area contributed by atoms with Gasteiger partial charge in [-0.1, -0.05) is 42.5 Å². The number of amides is 1. The predicted molar refractivity (Wildman–Crippen MR) is 91.0 cm³/mol. The standard InChI is InChI=1S/C18H20N2O.ClH/c19-13-14-8-10-16(11-9-14)18(21)20-12-4-7-17(20)15-5-2-1-3-6-15;/h1-3,5-6,8-11,17H,4,7,12-13,19H2;1H. The van der Waals surface area contributed by atoms with Gasteiger partial charge in [0.25, 0.3) is 5.91 Å². The third-order valence-corrected chi connectivity index (χ3v) is 4.13. The average Bonchev–Trinajstić information content (AvgIpc) is 3.04. The molecule has 1 unspecified atom stereocenters. The van der Waals surface area contributed by atoms with Crippen molar-refractivity contribution >= 4 is 18.3 Å². The Hall–Kier alpha value is -1.84. The van der Waals surface area contributed by atoms with Gasteiger partial charge in [0, 0.05) is 18.7 Å². The fourth-order valence-electron chi connectivity index (χ4n) is 2.98. The van der Waals surface area contributed by atoms with Gasteiger partial charge in [-0.2, -0.15) is 0 Å². The van der Waals surface area contributed by atoms with E-state index in [0.29, 0.717) is 6.54 Å². The highest BCUT2D eigenvalue weighted by Gasteiger charge is 2.30. The van der Waals surface area contributed by atoms with Gasteiger partial charge in [-0.05, 0) is 36.1 Å². The topological polar surface area (TPSA) is 46.3 Å². The minimum atomic E-state index is 0. The van der Waals surface area contributed by atoms with Crippen LogP contribution in [-0.4, -0.2) is 17.4 Å². The fraction of sp³-hybridized carbons (Fsp3) is 0.278. The Labute approximate surface area is 137 Å². The van der Waals surface area contributed by atoms with Crippen molar-refractivity contribution in [2.24, 2.45) is 5.73 Å². The van der Waals surface area contributed by atoms with Crippen LogP contribution in [0.1, 0.15) is 40.4 Å². The van der Waals surface area contributed by atoms with Crippen molar-refractivity contribution in [3.63, 3.8) is 0 Å². The molecular formula is C18H21ClN2O. The van der Waals surface area contributed by atoms with Crippen molar-refractivity contribution in [2.45, 2.75) is 25.4 Å². The Morgan fingerprint density at radius 1 is 1.09 bits per heavy atom. The zero-order chi connectivity index (χ0) is 14.7. The van der Waals surface area contributed by atoms with Crippen LogP contribution in [-0.2, 0) is 6.54 Å². The molecule has 0 spiro atoms. The Bertz CT molecular complexity index is 613. The molecule has 1 saturated heterocycles. The van der Waals surface area contributed by atoms with Gasteiger partial charge in [-0.3, -0.25) is 4.79 Å². The third kappa shape index (κ3) is 3.32. The highest BCUT2D eigenvalue weighted by atomic mass is 35.5. The Morgan fingerprint density at radius 3 is 2.41 bits per heavy atom. The number of benzene rings is 2. The van der Waals surface area contributed by atoms with E-state index in [4.69, 9.17) is 5.73 Å². The third-order valence-electron chi connectivity index (χ3n) is 4.13. The van der Waals surface area contributed by atoms with E-state index >= 15 is 0 Å². The summed E-state index contributed by atoms with van der Waals surface area (Å²) in [5, 5.41) is 0. The maximum absolute atomic E-state index is 12.7. The van der Waals surface area contributed by atoms with Crippen LogP contribution >= 0.6 is 12.4 Å². The van der Waals surface area contributed by atoms with Crippen LogP contribution in [0.5, 0.6) is 0 Å². The average molecular weight is 317 g/mol. The quantitative estimate of drug-likeness (QED) is 0.941. The Kier molecular flexibility index (Phi) is 5.58. The van der Waals surface area contributed by atoms with E-state index in [1.165, 1.54) is 5.56 Å². The molecule has 1 amide bonds. The molecule has 2 aromatic carbocycles. The van der Waals surface area contributed by atoms with E-state index in [0.717, 1.165) is 30.5 Å². The second-order valence-corrected chi connectivity index (χ2v) is 5.47. The van der Waals surface area contributed by atoms with Crippen LogP contribution in [0.3, 0.4) is 0 Å². The van der Waals surface area contributed by atoms with Crippen molar-refractivity contribution < 1.29 is 4.79 Å². The van der Waals surface area contributed by atoms with Crippen LogP contribution in [0.2, 0.25) is 0 Å². The van der Waals surface area contributed by atoms with Gasteiger partial charge in [0.1, 0.15) is 0 Å². The number of carbonyl (C=O) groups excluding carboxylic acids is 1. The summed E-state index contributed by atoms with van der Waals surface area (Å²) < 4.78 is 0. The molecule has 1 aliphatic rings. The fourth-order valence-corrected chi connectivity index (χ4v) is 2.98. The van der Waals surface area contributed by atoms with Gasteiger partial charge in [-0.15, -0.1) is 12.4 Å². The number of nitrogens with two attached hydrogens (primary N) is 1. The Morgan fingerprint density at radius 2 is 1.77 bits per heavy atom. The number of carbonyl (C=O) groups is 1. The molecule has 4 heteroatoms. The summed E-state index contributed by atoms with van der Waals surface area (Å²) in [6.07, 6.45) is 2.10. The van der Waals surface area contributed by atoms with Gasteiger partial charge in [0.05, 0.1) is 6.04 Å². The smallest absolute Gasteiger partial charge is 0.254 e. The van der Waals surface area contributed by atoms with Gasteiger partial charge in [-0.25, -0.2) is 0 Å². The second-order valence-electron chi connectivity index (χ2n) is 5.47. The molecule has 2 N–H and O–H groups in total. The number of halogens is 1. The first-order chi connectivity index (χ1) is 10.3. The van der Waals surface area contributed by atoms with Crippen LogP contribution < -0.4 is 5.73 Å². The maximum Gasteiger partial charge on any atom is 0.254 e. The maximum atomic E-state index is 12.7. The molecule has 1 atom stereocenters. The molecule has 116 valence electrons. The summed E-state index contributed by atoms with van der Waals surface area (Å²) in [5.41, 5.74) is 8.62. The molecule has 1 aliphatic heterocycles. The lowest BCUT2D eigenvalue weighted by Gasteiger charge is -2.25. The number of nitrogens with zero attached hydrogens (tertiary/aromatic N) is 1. The molecular weight excluding hydrogens is 296 g/mol. The lowest BCUT2D eigenvalue weighted by molar-refractivity contribution is 0.0735. The predicted octanol–water partition coefficient (Wildman–Crippen LogP) is 3.54. The van der Waals surface area contributed by atoms with Crippen LogP contribution in [0.15, 0.2) is 54.6 Å². The minimum Gasteiger partial charge on any atom is -0.332 e. The van der Waals surface area contributed by atoms with E-state index < -0.39 is 0 Å². The number of likely N-dealkylation sites (tertiary alicyclic amines) is 1. The molecule has 2 aromatic rings. The van der Waals surface area contributed by atoms with Gasteiger partial charge in [0.2, 0.25) is 0 Å². The van der Waals surface area contributed by atoms with E-state index in [1.54, 1.807) is 0 Å². The summed E-state index contributed by atoms with van der Waals surface area (Å²) in [4.78, 5) is 14.7. The first-order valence-corrected chi connectivity index (χ1v) is 7.44. The molecule has 1 heterocycles. The largest absolute Gasteiger partial charge is 0.332 e. The SMILES string of the molecule is Cl.NCc1ccc(C(=O)N2CCCC2c2ccccc2)cc1. The first-order valence-electron chi connectivity index (χ1n) is 7.44. The molecule has 0 saturated carbocycles. The summed E-state index contributed by atoms with van der Waals surface area (Å²) in [6, 6.07) is 18.1. The summed E-state index contributed by atoms with van der Waals surface area (Å²) in [6.45, 7) is 1.34. The van der Waals surface area contributed by atoms with Crippen molar-refractivity contribution in [1.29, 1.82) is 0 Å². The molecule has 0 aromatic heterocycles. The summed E-state index contributed by atoms with van der Waals surface area (Å²) in [5.74, 6) is 0.116. The van der Waals surface area contributed by atoms with E-state index in [-0.39, 0.29) is 24.4 Å². The molecule has 22 heavy (non-hydrogen) atoms. The van der Waals surface area contributed by atoms with Crippen LogP contribution in [0.25, 0.3) is 0 Å². The van der Waals surface area contributed by atoms with Crippen LogP contribution in [0, 0.1) is 0 Å². The van der Waals surface area contributed by atoms with Gasteiger partial charge in [0.15, 0.2) is 0 Å². The molecule has 1 fully saturated rings. The molecule has 0 bridgehead atoms. The molecule has 0 aliphatic carbocycles. The Balaban J connectivity index is 0.00000176. The minimum absolute atomic E-state index is 0. The lowest BCUT2D eigenvalue weighted by atomic mass is 10.0. The zero-order valence-corrected chi connectivity index (χ0v) is 13.3. The van der Waals surface area contributed by atoms with E-state index in [9.17, 15) is 4.79 Å².